The first-order valence-corrected chi connectivity index (χ1v) is 6.69. The van der Waals surface area contributed by atoms with Crippen LogP contribution in [0.1, 0.15) is 40.0 Å². The van der Waals surface area contributed by atoms with Gasteiger partial charge in [0, 0.05) is 6.54 Å². The molecule has 1 saturated heterocycles. The summed E-state index contributed by atoms with van der Waals surface area (Å²) in [4.78, 5) is 18.5. The van der Waals surface area contributed by atoms with Gasteiger partial charge in [0.05, 0.1) is 12.1 Å². The second kappa shape index (κ2) is 5.16. The number of aliphatic imine (C=N–C) groups is 1. The zero-order chi connectivity index (χ0) is 13.2. The van der Waals surface area contributed by atoms with Crippen LogP contribution >= 0.6 is 0 Å². The lowest BCUT2D eigenvalue weighted by Crippen LogP contribution is -2.48. The van der Waals surface area contributed by atoms with E-state index in [-0.39, 0.29) is 17.6 Å². The van der Waals surface area contributed by atoms with Gasteiger partial charge in [0.25, 0.3) is 6.02 Å². The molecule has 1 atom stereocenters. The van der Waals surface area contributed by atoms with Gasteiger partial charge in [-0.1, -0.05) is 0 Å². The number of carbonyl (C=O) groups excluding carboxylic acids is 1. The Labute approximate surface area is 108 Å². The van der Waals surface area contributed by atoms with E-state index in [0.29, 0.717) is 19.2 Å². The van der Waals surface area contributed by atoms with E-state index < -0.39 is 0 Å². The maximum absolute atomic E-state index is 12.0. The molecule has 5 heteroatoms. The minimum atomic E-state index is -0.230. The quantitative estimate of drug-likeness (QED) is 0.702. The average molecular weight is 254 g/mol. The Morgan fingerprint density at radius 2 is 2.33 bits per heavy atom. The van der Waals surface area contributed by atoms with Crippen molar-refractivity contribution < 1.29 is 14.3 Å². The lowest BCUT2D eigenvalue weighted by molar-refractivity contribution is -0.149. The van der Waals surface area contributed by atoms with E-state index in [4.69, 9.17) is 9.47 Å². The molecule has 1 unspecified atom stereocenters. The standard InChI is InChI=1S/C13H22N2O3/c1-4-17-11(16)10-7-5-6-8-15(10)12-14-13(2,3)9-18-12/h10H,4-9H2,1-3H3. The highest BCUT2D eigenvalue weighted by molar-refractivity contribution is 5.84. The van der Waals surface area contributed by atoms with E-state index in [9.17, 15) is 4.79 Å². The maximum atomic E-state index is 12.0. The smallest absolute Gasteiger partial charge is 0.328 e. The number of nitrogens with zero attached hydrogens (tertiary/aromatic N) is 2. The van der Waals surface area contributed by atoms with Gasteiger partial charge in [0.1, 0.15) is 12.6 Å². The Kier molecular flexibility index (Phi) is 3.78. The van der Waals surface area contributed by atoms with E-state index in [0.717, 1.165) is 25.8 Å². The fourth-order valence-electron chi connectivity index (χ4n) is 2.36. The molecule has 0 bridgehead atoms. The molecule has 0 saturated carbocycles. The lowest BCUT2D eigenvalue weighted by atomic mass is 10.0. The normalized spacial score (nSPS) is 26.5. The highest BCUT2D eigenvalue weighted by Gasteiger charge is 2.37. The van der Waals surface area contributed by atoms with Gasteiger partial charge in [-0.05, 0) is 40.0 Å². The number of hydrogen-bond donors (Lipinski definition) is 0. The van der Waals surface area contributed by atoms with Gasteiger partial charge in [0.2, 0.25) is 0 Å². The number of hydrogen-bond acceptors (Lipinski definition) is 5. The van der Waals surface area contributed by atoms with Gasteiger partial charge in [0.15, 0.2) is 0 Å². The first-order chi connectivity index (χ1) is 8.53. The topological polar surface area (TPSA) is 51.1 Å². The summed E-state index contributed by atoms with van der Waals surface area (Å²) in [5, 5.41) is 0. The zero-order valence-corrected chi connectivity index (χ0v) is 11.4. The van der Waals surface area contributed by atoms with E-state index in [1.165, 1.54) is 0 Å². The molecule has 2 rings (SSSR count). The van der Waals surface area contributed by atoms with Crippen LogP contribution in [0.5, 0.6) is 0 Å². The summed E-state index contributed by atoms with van der Waals surface area (Å²) in [6.07, 6.45) is 2.94. The number of ether oxygens (including phenoxy) is 2. The van der Waals surface area contributed by atoms with E-state index in [1.54, 1.807) is 0 Å². The fraction of sp³-hybridized carbons (Fsp3) is 0.846. The van der Waals surface area contributed by atoms with Gasteiger partial charge in [-0.25, -0.2) is 9.79 Å². The summed E-state index contributed by atoms with van der Waals surface area (Å²) >= 11 is 0. The molecule has 0 aromatic rings. The molecule has 2 aliphatic heterocycles. The SMILES string of the molecule is CCOC(=O)C1CCCCN1C1=NC(C)(C)CO1. The predicted octanol–water partition coefficient (Wildman–Crippen LogP) is 1.57. The third-order valence-electron chi connectivity index (χ3n) is 3.26. The van der Waals surface area contributed by atoms with Crippen molar-refractivity contribution in [3.8, 4) is 0 Å². The summed E-state index contributed by atoms with van der Waals surface area (Å²) in [6.45, 7) is 7.71. The van der Waals surface area contributed by atoms with Gasteiger partial charge >= 0.3 is 5.97 Å². The first-order valence-electron chi connectivity index (χ1n) is 6.69. The Balaban J connectivity index is 2.11. The molecule has 2 aliphatic rings. The summed E-state index contributed by atoms with van der Waals surface area (Å²) in [5.41, 5.74) is -0.189. The molecule has 0 N–H and O–H groups in total. The van der Waals surface area contributed by atoms with Crippen LogP contribution < -0.4 is 0 Å². The van der Waals surface area contributed by atoms with Gasteiger partial charge in [-0.3, -0.25) is 0 Å². The molecule has 2 heterocycles. The molecular formula is C13H22N2O3. The maximum Gasteiger partial charge on any atom is 0.328 e. The third-order valence-corrected chi connectivity index (χ3v) is 3.26. The molecule has 0 spiro atoms. The molecule has 0 amide bonds. The third kappa shape index (κ3) is 2.76. The lowest BCUT2D eigenvalue weighted by Gasteiger charge is -2.34. The number of carbonyl (C=O) groups is 1. The van der Waals surface area contributed by atoms with Crippen LogP contribution in [0.15, 0.2) is 4.99 Å². The number of esters is 1. The number of amidine groups is 1. The Morgan fingerprint density at radius 3 is 2.94 bits per heavy atom. The van der Waals surface area contributed by atoms with Crippen LogP contribution in [0.25, 0.3) is 0 Å². The molecule has 0 aliphatic carbocycles. The second-order valence-corrected chi connectivity index (χ2v) is 5.45. The average Bonchev–Trinajstić information content (AvgIpc) is 2.70. The van der Waals surface area contributed by atoms with Crippen LogP contribution in [-0.2, 0) is 14.3 Å². The monoisotopic (exact) mass is 254 g/mol. The summed E-state index contributed by atoms with van der Waals surface area (Å²) in [7, 11) is 0. The van der Waals surface area contributed by atoms with Crippen molar-refractivity contribution in [2.75, 3.05) is 19.8 Å². The number of rotatable bonds is 2. The largest absolute Gasteiger partial charge is 0.464 e. The Morgan fingerprint density at radius 1 is 1.56 bits per heavy atom. The molecule has 0 aromatic carbocycles. The highest BCUT2D eigenvalue weighted by Crippen LogP contribution is 2.24. The first kappa shape index (κ1) is 13.2. The molecular weight excluding hydrogens is 232 g/mol. The highest BCUT2D eigenvalue weighted by atomic mass is 16.5. The summed E-state index contributed by atoms with van der Waals surface area (Å²) in [6, 6.07) is 0.379. The Bertz CT molecular complexity index is 352. The van der Waals surface area contributed by atoms with E-state index in [2.05, 4.69) is 4.99 Å². The zero-order valence-electron chi connectivity index (χ0n) is 11.4. The molecule has 5 nitrogen and oxygen atoms in total. The van der Waals surface area contributed by atoms with Crippen molar-refractivity contribution in [3.05, 3.63) is 0 Å². The van der Waals surface area contributed by atoms with Gasteiger partial charge in [-0.2, -0.15) is 0 Å². The molecule has 0 radical (unpaired) electrons. The van der Waals surface area contributed by atoms with Crippen LogP contribution in [0.3, 0.4) is 0 Å². The summed E-state index contributed by atoms with van der Waals surface area (Å²) < 4.78 is 10.8. The molecule has 1 fully saturated rings. The summed E-state index contributed by atoms with van der Waals surface area (Å²) in [5.74, 6) is -0.159. The van der Waals surface area contributed by atoms with Crippen LogP contribution in [-0.4, -0.2) is 48.2 Å². The van der Waals surface area contributed by atoms with Crippen molar-refractivity contribution in [1.29, 1.82) is 0 Å². The van der Waals surface area contributed by atoms with Crippen molar-refractivity contribution in [2.24, 2.45) is 4.99 Å². The second-order valence-electron chi connectivity index (χ2n) is 5.45. The van der Waals surface area contributed by atoms with Gasteiger partial charge in [-0.15, -0.1) is 0 Å². The van der Waals surface area contributed by atoms with Crippen LogP contribution in [0.4, 0.5) is 0 Å². The molecule has 102 valence electrons. The van der Waals surface area contributed by atoms with E-state index in [1.807, 2.05) is 25.7 Å². The van der Waals surface area contributed by atoms with Crippen LogP contribution in [0, 0.1) is 0 Å². The molecule has 18 heavy (non-hydrogen) atoms. The predicted molar refractivity (Wildman–Crippen MR) is 68.4 cm³/mol. The fourth-order valence-corrected chi connectivity index (χ4v) is 2.36. The number of piperidine rings is 1. The van der Waals surface area contributed by atoms with Gasteiger partial charge < -0.3 is 14.4 Å². The van der Waals surface area contributed by atoms with Crippen molar-refractivity contribution in [1.82, 2.24) is 4.90 Å². The minimum Gasteiger partial charge on any atom is -0.464 e. The number of likely N-dealkylation sites (tertiary alicyclic amines) is 1. The van der Waals surface area contributed by atoms with Crippen molar-refractivity contribution in [2.45, 2.75) is 51.6 Å². The van der Waals surface area contributed by atoms with Crippen molar-refractivity contribution >= 4 is 12.0 Å². The van der Waals surface area contributed by atoms with E-state index >= 15 is 0 Å². The minimum absolute atomic E-state index is 0.159. The van der Waals surface area contributed by atoms with Crippen molar-refractivity contribution in [3.63, 3.8) is 0 Å². The molecule has 0 aromatic heterocycles. The Hall–Kier alpha value is -1.26. The van der Waals surface area contributed by atoms with Crippen LogP contribution in [0.2, 0.25) is 0 Å².